The van der Waals surface area contributed by atoms with Gasteiger partial charge in [0.05, 0.1) is 0 Å². The predicted molar refractivity (Wildman–Crippen MR) is 60.0 cm³/mol. The number of nitrogens with zero attached hydrogens (tertiary/aromatic N) is 4. The van der Waals surface area contributed by atoms with E-state index < -0.39 is 0 Å². The highest BCUT2D eigenvalue weighted by atomic mass is 32.1. The Balaban J connectivity index is 1.84. The van der Waals surface area contributed by atoms with Crippen LogP contribution in [0, 0.1) is 10.7 Å². The van der Waals surface area contributed by atoms with Crippen molar-refractivity contribution in [1.29, 1.82) is 0 Å². The molecule has 0 saturated carbocycles. The molecule has 6 heteroatoms. The molecule has 1 atom stereocenters. The van der Waals surface area contributed by atoms with E-state index in [1.807, 2.05) is 4.68 Å². The Labute approximate surface area is 94.4 Å². The smallest absolute Gasteiger partial charge is 0.238 e. The fourth-order valence-electron chi connectivity index (χ4n) is 2.11. The summed E-state index contributed by atoms with van der Waals surface area (Å²) in [6, 6.07) is 0. The van der Waals surface area contributed by atoms with E-state index in [9.17, 15) is 0 Å². The van der Waals surface area contributed by atoms with Gasteiger partial charge in [-0.15, -0.1) is 0 Å². The summed E-state index contributed by atoms with van der Waals surface area (Å²) in [7, 11) is 0. The second-order valence-corrected chi connectivity index (χ2v) is 4.67. The molecule has 1 aromatic heterocycles. The molecule has 0 amide bonds. The Morgan fingerprint density at radius 2 is 2.13 bits per heavy atom. The van der Waals surface area contributed by atoms with Gasteiger partial charge in [0.15, 0.2) is 0 Å². The van der Waals surface area contributed by atoms with Gasteiger partial charge in [-0.3, -0.25) is 0 Å². The third-order valence-electron chi connectivity index (χ3n) is 2.79. The molecule has 0 spiro atoms. The van der Waals surface area contributed by atoms with Crippen molar-refractivity contribution < 1.29 is 0 Å². The van der Waals surface area contributed by atoms with Crippen LogP contribution in [0.4, 0.5) is 0 Å². The lowest BCUT2D eigenvalue weighted by molar-refractivity contribution is 0.265. The first-order valence-electron chi connectivity index (χ1n) is 5.46. The van der Waals surface area contributed by atoms with Crippen LogP contribution >= 0.6 is 12.2 Å². The molecule has 84 valence electrons. The van der Waals surface area contributed by atoms with E-state index in [4.69, 9.17) is 12.2 Å². The Morgan fingerprint density at radius 3 is 2.73 bits per heavy atom. The second-order valence-electron chi connectivity index (χ2n) is 4.31. The number of likely N-dealkylation sites (tertiary alicyclic amines) is 1. The van der Waals surface area contributed by atoms with Gasteiger partial charge < -0.3 is 4.90 Å². The zero-order chi connectivity index (χ0) is 10.7. The fraction of sp³-hybridized carbons (Fsp3) is 0.889. The summed E-state index contributed by atoms with van der Waals surface area (Å²) in [6.07, 6.45) is 2.69. The van der Waals surface area contributed by atoms with Crippen molar-refractivity contribution in [2.45, 2.75) is 26.3 Å². The van der Waals surface area contributed by atoms with Crippen molar-refractivity contribution in [3.05, 3.63) is 4.77 Å². The summed E-state index contributed by atoms with van der Waals surface area (Å²) < 4.78 is 2.37. The van der Waals surface area contributed by atoms with Crippen LogP contribution in [0.1, 0.15) is 19.8 Å². The first kappa shape index (κ1) is 10.8. The molecule has 0 radical (unpaired) electrons. The van der Waals surface area contributed by atoms with Crippen molar-refractivity contribution in [1.82, 2.24) is 25.1 Å². The Morgan fingerprint density at radius 1 is 1.40 bits per heavy atom. The van der Waals surface area contributed by atoms with Gasteiger partial charge in [-0.05, 0) is 44.1 Å². The Kier molecular flexibility index (Phi) is 3.48. The number of nitrogens with one attached hydrogen (secondary N) is 1. The summed E-state index contributed by atoms with van der Waals surface area (Å²) >= 11 is 5.03. The molecule has 1 saturated heterocycles. The molecule has 2 heterocycles. The molecular formula is C9H17N5S. The fourth-order valence-corrected chi connectivity index (χ4v) is 2.27. The summed E-state index contributed by atoms with van der Waals surface area (Å²) in [5.41, 5.74) is 0. The number of H-pyrrole nitrogens is 1. The number of hydrogen-bond donors (Lipinski definition) is 1. The minimum absolute atomic E-state index is 0.545. The van der Waals surface area contributed by atoms with E-state index in [0.29, 0.717) is 10.7 Å². The van der Waals surface area contributed by atoms with Gasteiger partial charge in [0.2, 0.25) is 4.77 Å². The van der Waals surface area contributed by atoms with Gasteiger partial charge in [0.25, 0.3) is 0 Å². The maximum atomic E-state index is 5.03. The SMILES string of the molecule is CC(CN1CCCC1)Cn1[nH]nnc1=S. The van der Waals surface area contributed by atoms with Crippen LogP contribution in [-0.4, -0.2) is 44.7 Å². The Bertz CT molecular complexity index is 351. The van der Waals surface area contributed by atoms with Crippen LogP contribution in [0.5, 0.6) is 0 Å². The van der Waals surface area contributed by atoms with Crippen molar-refractivity contribution in [3.8, 4) is 0 Å². The first-order chi connectivity index (χ1) is 7.25. The highest BCUT2D eigenvalue weighted by Crippen LogP contribution is 2.11. The number of aromatic amines is 1. The van der Waals surface area contributed by atoms with Crippen molar-refractivity contribution in [2.24, 2.45) is 5.92 Å². The lowest BCUT2D eigenvalue weighted by Crippen LogP contribution is -2.27. The monoisotopic (exact) mass is 227 g/mol. The zero-order valence-electron chi connectivity index (χ0n) is 9.02. The van der Waals surface area contributed by atoms with Gasteiger partial charge in [-0.1, -0.05) is 17.2 Å². The van der Waals surface area contributed by atoms with E-state index in [1.165, 1.54) is 25.9 Å². The molecule has 0 aliphatic carbocycles. The lowest BCUT2D eigenvalue weighted by atomic mass is 10.2. The van der Waals surface area contributed by atoms with Crippen molar-refractivity contribution in [3.63, 3.8) is 0 Å². The third-order valence-corrected chi connectivity index (χ3v) is 3.10. The van der Waals surface area contributed by atoms with Gasteiger partial charge in [-0.25, -0.2) is 4.68 Å². The highest BCUT2D eigenvalue weighted by molar-refractivity contribution is 7.71. The van der Waals surface area contributed by atoms with Gasteiger partial charge in [0, 0.05) is 13.1 Å². The molecule has 5 nitrogen and oxygen atoms in total. The quantitative estimate of drug-likeness (QED) is 0.782. The minimum Gasteiger partial charge on any atom is -0.303 e. The second kappa shape index (κ2) is 4.85. The number of aromatic nitrogens is 4. The van der Waals surface area contributed by atoms with Gasteiger partial charge >= 0.3 is 0 Å². The Hall–Kier alpha value is -0.750. The third kappa shape index (κ3) is 2.85. The van der Waals surface area contributed by atoms with E-state index in [0.717, 1.165) is 13.1 Å². The van der Waals surface area contributed by atoms with Crippen LogP contribution in [0.3, 0.4) is 0 Å². The molecule has 2 rings (SSSR count). The lowest BCUT2D eigenvalue weighted by Gasteiger charge is -2.19. The van der Waals surface area contributed by atoms with E-state index >= 15 is 0 Å². The summed E-state index contributed by atoms with van der Waals surface area (Å²) in [5, 5.41) is 10.2. The first-order valence-corrected chi connectivity index (χ1v) is 5.87. The molecule has 15 heavy (non-hydrogen) atoms. The number of tetrazole rings is 1. The maximum Gasteiger partial charge on any atom is 0.238 e. The average molecular weight is 227 g/mol. The number of hydrogen-bond acceptors (Lipinski definition) is 4. The summed E-state index contributed by atoms with van der Waals surface area (Å²) in [4.78, 5) is 2.51. The standard InChI is InChI=1S/C9H17N5S/c1-8(6-13-4-2-3-5-13)7-14-9(15)10-11-12-14/h8H,2-7H2,1H3,(H,10,12,15). The molecular weight excluding hydrogens is 210 g/mol. The van der Waals surface area contributed by atoms with Crippen LogP contribution in [0.15, 0.2) is 0 Å². The highest BCUT2D eigenvalue weighted by Gasteiger charge is 2.15. The van der Waals surface area contributed by atoms with Crippen LogP contribution in [0.25, 0.3) is 0 Å². The molecule has 1 unspecified atom stereocenters. The molecule has 1 N–H and O–H groups in total. The molecule has 0 aromatic carbocycles. The van der Waals surface area contributed by atoms with Gasteiger partial charge in [-0.2, -0.15) is 5.21 Å². The normalized spacial score (nSPS) is 19.5. The molecule has 1 aliphatic rings. The molecule has 1 aliphatic heterocycles. The molecule has 1 aromatic rings. The topological polar surface area (TPSA) is 49.7 Å². The largest absolute Gasteiger partial charge is 0.303 e. The number of rotatable bonds is 4. The average Bonchev–Trinajstić information content (AvgIpc) is 2.79. The predicted octanol–water partition coefficient (Wildman–Crippen LogP) is 1.07. The molecule has 1 fully saturated rings. The van der Waals surface area contributed by atoms with Crippen LogP contribution < -0.4 is 0 Å². The summed E-state index contributed by atoms with van der Waals surface area (Å²) in [6.45, 7) is 6.75. The molecule has 0 bridgehead atoms. The van der Waals surface area contributed by atoms with E-state index in [-0.39, 0.29) is 0 Å². The van der Waals surface area contributed by atoms with Crippen molar-refractivity contribution >= 4 is 12.2 Å². The maximum absolute atomic E-state index is 5.03. The summed E-state index contributed by atoms with van der Waals surface area (Å²) in [5.74, 6) is 0.581. The van der Waals surface area contributed by atoms with Crippen LogP contribution in [-0.2, 0) is 6.54 Å². The van der Waals surface area contributed by atoms with E-state index in [1.54, 1.807) is 0 Å². The van der Waals surface area contributed by atoms with Crippen LogP contribution in [0.2, 0.25) is 0 Å². The minimum atomic E-state index is 0.545. The van der Waals surface area contributed by atoms with Gasteiger partial charge in [0.1, 0.15) is 0 Å². The van der Waals surface area contributed by atoms with E-state index in [2.05, 4.69) is 27.3 Å². The van der Waals surface area contributed by atoms with Crippen molar-refractivity contribution in [2.75, 3.05) is 19.6 Å². The zero-order valence-corrected chi connectivity index (χ0v) is 9.83.